The molecular weight excluding hydrogens is 359 g/mol. The van der Waals surface area contributed by atoms with Crippen molar-refractivity contribution in [3.8, 4) is 0 Å². The van der Waals surface area contributed by atoms with Crippen molar-refractivity contribution in [2.24, 2.45) is 0 Å². The fraction of sp³-hybridized carbons (Fsp3) is 0.263. The van der Waals surface area contributed by atoms with Crippen molar-refractivity contribution >= 4 is 23.5 Å². The molecule has 3 rings (SSSR count). The minimum atomic E-state index is -1.12. The van der Waals surface area contributed by atoms with Gasteiger partial charge in [-0.1, -0.05) is 29.8 Å². The fourth-order valence-electron chi connectivity index (χ4n) is 3.04. The number of hydrogen-bond acceptors (Lipinski definition) is 3. The van der Waals surface area contributed by atoms with E-state index in [-0.39, 0.29) is 22.9 Å². The lowest BCUT2D eigenvalue weighted by Crippen LogP contribution is -2.48. The van der Waals surface area contributed by atoms with Crippen LogP contribution in [0.3, 0.4) is 0 Å². The van der Waals surface area contributed by atoms with Crippen LogP contribution in [0.5, 0.6) is 0 Å². The van der Waals surface area contributed by atoms with E-state index in [0.717, 1.165) is 0 Å². The number of piperazine rings is 1. The van der Waals surface area contributed by atoms with Gasteiger partial charge in [0.2, 0.25) is 0 Å². The molecule has 5 nitrogen and oxygen atoms in total. The summed E-state index contributed by atoms with van der Waals surface area (Å²) in [7, 11) is 0. The van der Waals surface area contributed by atoms with Crippen LogP contribution in [0.15, 0.2) is 42.5 Å². The van der Waals surface area contributed by atoms with Crippen LogP contribution in [0.4, 0.5) is 4.39 Å². The zero-order valence-corrected chi connectivity index (χ0v) is 14.7. The van der Waals surface area contributed by atoms with Gasteiger partial charge in [-0.2, -0.15) is 0 Å². The van der Waals surface area contributed by atoms with Crippen LogP contribution in [-0.2, 0) is 6.54 Å². The highest BCUT2D eigenvalue weighted by molar-refractivity contribution is 6.31. The topological polar surface area (TPSA) is 60.9 Å². The summed E-state index contributed by atoms with van der Waals surface area (Å²) in [5.74, 6) is -1.76. The molecule has 0 aromatic heterocycles. The quantitative estimate of drug-likeness (QED) is 0.890. The molecule has 1 N–H and O–H groups in total. The molecule has 1 aliphatic heterocycles. The maximum atomic E-state index is 13.9. The van der Waals surface area contributed by atoms with E-state index in [1.54, 1.807) is 29.2 Å². The first-order chi connectivity index (χ1) is 12.5. The Balaban J connectivity index is 1.66. The van der Waals surface area contributed by atoms with E-state index in [0.29, 0.717) is 43.3 Å². The van der Waals surface area contributed by atoms with Gasteiger partial charge < -0.3 is 10.0 Å². The third-order valence-electron chi connectivity index (χ3n) is 4.49. The Morgan fingerprint density at radius 1 is 1.00 bits per heavy atom. The van der Waals surface area contributed by atoms with Gasteiger partial charge in [-0.3, -0.25) is 9.69 Å². The number of carbonyl (C=O) groups excluding carboxylic acids is 1. The van der Waals surface area contributed by atoms with E-state index in [2.05, 4.69) is 0 Å². The molecule has 2 aromatic rings. The summed E-state index contributed by atoms with van der Waals surface area (Å²) < 4.78 is 13.9. The largest absolute Gasteiger partial charge is 0.478 e. The Morgan fingerprint density at radius 2 is 1.65 bits per heavy atom. The molecule has 136 valence electrons. The van der Waals surface area contributed by atoms with Gasteiger partial charge in [0.25, 0.3) is 5.91 Å². The van der Waals surface area contributed by atoms with E-state index >= 15 is 0 Å². The van der Waals surface area contributed by atoms with Crippen molar-refractivity contribution < 1.29 is 19.1 Å². The second kappa shape index (κ2) is 7.85. The minimum Gasteiger partial charge on any atom is -0.478 e. The van der Waals surface area contributed by atoms with Crippen LogP contribution >= 0.6 is 11.6 Å². The van der Waals surface area contributed by atoms with Gasteiger partial charge in [-0.15, -0.1) is 0 Å². The normalized spacial score (nSPS) is 15.1. The highest BCUT2D eigenvalue weighted by Gasteiger charge is 2.25. The Hall–Kier alpha value is -2.44. The number of amides is 1. The average molecular weight is 377 g/mol. The molecule has 7 heteroatoms. The average Bonchev–Trinajstić information content (AvgIpc) is 2.65. The van der Waals surface area contributed by atoms with E-state index in [1.807, 2.05) is 4.90 Å². The molecule has 0 unspecified atom stereocenters. The summed E-state index contributed by atoms with van der Waals surface area (Å²) in [5, 5.41) is 9.63. The zero-order valence-electron chi connectivity index (χ0n) is 14.0. The number of aromatic carboxylic acids is 1. The minimum absolute atomic E-state index is 0.00179. The van der Waals surface area contributed by atoms with E-state index in [9.17, 15) is 19.1 Å². The molecule has 1 saturated heterocycles. The van der Waals surface area contributed by atoms with Crippen LogP contribution in [0.2, 0.25) is 5.02 Å². The SMILES string of the molecule is O=C(O)c1ccccc1C(=O)N1CCN(Cc2c(F)cccc2Cl)CC1. The van der Waals surface area contributed by atoms with E-state index in [1.165, 1.54) is 18.2 Å². The van der Waals surface area contributed by atoms with Gasteiger partial charge in [0.15, 0.2) is 0 Å². The van der Waals surface area contributed by atoms with Crippen LogP contribution in [0.25, 0.3) is 0 Å². The van der Waals surface area contributed by atoms with Crippen LogP contribution in [0.1, 0.15) is 26.3 Å². The molecule has 0 aliphatic carbocycles. The Kier molecular flexibility index (Phi) is 5.54. The Morgan fingerprint density at radius 3 is 2.27 bits per heavy atom. The summed E-state index contributed by atoms with van der Waals surface area (Å²) in [6, 6.07) is 10.8. The first kappa shape index (κ1) is 18.4. The predicted octanol–water partition coefficient (Wildman–Crippen LogP) is 3.14. The van der Waals surface area contributed by atoms with Crippen molar-refractivity contribution in [2.75, 3.05) is 26.2 Å². The van der Waals surface area contributed by atoms with Crippen molar-refractivity contribution in [3.05, 3.63) is 70.0 Å². The molecule has 1 amide bonds. The molecular formula is C19H18ClFN2O3. The molecule has 26 heavy (non-hydrogen) atoms. The summed E-state index contributed by atoms with van der Waals surface area (Å²) in [4.78, 5) is 27.6. The number of benzene rings is 2. The van der Waals surface area contributed by atoms with Gasteiger partial charge in [-0.25, -0.2) is 9.18 Å². The second-order valence-corrected chi connectivity index (χ2v) is 6.53. The third-order valence-corrected chi connectivity index (χ3v) is 4.84. The fourth-order valence-corrected chi connectivity index (χ4v) is 3.27. The maximum Gasteiger partial charge on any atom is 0.336 e. The molecule has 2 aromatic carbocycles. The first-order valence-corrected chi connectivity index (χ1v) is 8.62. The van der Waals surface area contributed by atoms with Gasteiger partial charge in [0.05, 0.1) is 11.1 Å². The van der Waals surface area contributed by atoms with Crippen LogP contribution in [0, 0.1) is 5.82 Å². The van der Waals surface area contributed by atoms with E-state index < -0.39 is 5.97 Å². The lowest BCUT2D eigenvalue weighted by molar-refractivity contribution is 0.0608. The van der Waals surface area contributed by atoms with Crippen LogP contribution < -0.4 is 0 Å². The van der Waals surface area contributed by atoms with Crippen molar-refractivity contribution in [3.63, 3.8) is 0 Å². The van der Waals surface area contributed by atoms with Gasteiger partial charge in [0, 0.05) is 43.3 Å². The number of hydrogen-bond donors (Lipinski definition) is 1. The van der Waals surface area contributed by atoms with E-state index in [4.69, 9.17) is 11.6 Å². The summed E-state index contributed by atoms with van der Waals surface area (Å²) in [6.07, 6.45) is 0. The molecule has 0 spiro atoms. The molecule has 1 heterocycles. The third kappa shape index (κ3) is 3.86. The number of halogens is 2. The smallest absolute Gasteiger partial charge is 0.336 e. The number of carboxylic acid groups (broad SMARTS) is 1. The van der Waals surface area contributed by atoms with Gasteiger partial charge in [0.1, 0.15) is 5.82 Å². The molecule has 0 atom stereocenters. The van der Waals surface area contributed by atoms with Gasteiger partial charge in [-0.05, 0) is 24.3 Å². The molecule has 1 aliphatic rings. The maximum absolute atomic E-state index is 13.9. The summed E-state index contributed by atoms with van der Waals surface area (Å²) in [6.45, 7) is 2.38. The van der Waals surface area contributed by atoms with Crippen molar-refractivity contribution in [2.45, 2.75) is 6.54 Å². The monoisotopic (exact) mass is 376 g/mol. The standard InChI is InChI=1S/C19H18ClFN2O3/c20-16-6-3-7-17(21)15(16)12-22-8-10-23(11-9-22)18(24)13-4-1-2-5-14(13)19(25)26/h1-7H,8-12H2,(H,25,26). The molecule has 0 radical (unpaired) electrons. The predicted molar refractivity (Wildman–Crippen MR) is 96.0 cm³/mol. The second-order valence-electron chi connectivity index (χ2n) is 6.12. The summed E-state index contributed by atoms with van der Waals surface area (Å²) >= 11 is 6.07. The summed E-state index contributed by atoms with van der Waals surface area (Å²) in [5.41, 5.74) is 0.633. The van der Waals surface area contributed by atoms with Crippen molar-refractivity contribution in [1.29, 1.82) is 0 Å². The van der Waals surface area contributed by atoms with Gasteiger partial charge >= 0.3 is 5.97 Å². The zero-order chi connectivity index (χ0) is 18.7. The molecule has 0 bridgehead atoms. The number of rotatable bonds is 4. The highest BCUT2D eigenvalue weighted by Crippen LogP contribution is 2.22. The molecule has 0 saturated carbocycles. The number of carbonyl (C=O) groups is 2. The lowest BCUT2D eigenvalue weighted by atomic mass is 10.1. The number of carboxylic acids is 1. The van der Waals surface area contributed by atoms with Crippen LogP contribution in [-0.4, -0.2) is 53.0 Å². The Bertz CT molecular complexity index is 815. The Labute approximate surface area is 155 Å². The lowest BCUT2D eigenvalue weighted by Gasteiger charge is -2.35. The number of nitrogens with zero attached hydrogens (tertiary/aromatic N) is 2. The molecule has 1 fully saturated rings. The van der Waals surface area contributed by atoms with Crippen molar-refractivity contribution in [1.82, 2.24) is 9.80 Å². The first-order valence-electron chi connectivity index (χ1n) is 8.24. The highest BCUT2D eigenvalue weighted by atomic mass is 35.5.